The molecule has 1 heterocycles. The van der Waals surface area contributed by atoms with Crippen LogP contribution < -0.4 is 10.4 Å². The molecule has 0 fully saturated rings. The van der Waals surface area contributed by atoms with Crippen LogP contribution in [0.5, 0.6) is 0 Å². The summed E-state index contributed by atoms with van der Waals surface area (Å²) in [6.45, 7) is 18.1. The molecule has 0 aliphatic carbocycles. The van der Waals surface area contributed by atoms with E-state index >= 15 is 0 Å². The summed E-state index contributed by atoms with van der Waals surface area (Å²) in [6.07, 6.45) is 4.42. The second-order valence-corrected chi connectivity index (χ2v) is 18.3. The van der Waals surface area contributed by atoms with E-state index in [9.17, 15) is 14.4 Å². The van der Waals surface area contributed by atoms with Gasteiger partial charge in [0.2, 0.25) is 0 Å². The van der Waals surface area contributed by atoms with Crippen molar-refractivity contribution in [2.75, 3.05) is 0 Å². The quantitative estimate of drug-likeness (QED) is 0.186. The minimum Gasteiger partial charge on any atom is -0.454 e. The summed E-state index contributed by atoms with van der Waals surface area (Å²) in [4.78, 5) is 40.1. The molecule has 0 spiro atoms. The van der Waals surface area contributed by atoms with Crippen molar-refractivity contribution in [2.24, 2.45) is 5.41 Å². The highest BCUT2D eigenvalue weighted by molar-refractivity contribution is 6.99. The summed E-state index contributed by atoms with van der Waals surface area (Å²) in [6, 6.07) is 20.4. The number of benzene rings is 2. The molecule has 0 saturated carbocycles. The SMILES string of the molecule is CC=C(C)[C@H]1CC=C(C)[C@@H](O[Si](c2ccccc2)(c2ccccc2)C(C)(C)C)[C@H](OC(=O)CC(C)(C)C)C(=O)CC=CC(=O)O1. The first kappa shape index (κ1) is 35.9. The van der Waals surface area contributed by atoms with Gasteiger partial charge in [-0.25, -0.2) is 4.79 Å². The van der Waals surface area contributed by atoms with Crippen LogP contribution in [0.15, 0.2) is 96.1 Å². The van der Waals surface area contributed by atoms with E-state index in [2.05, 4.69) is 45.0 Å². The van der Waals surface area contributed by atoms with Crippen LogP contribution in [0.25, 0.3) is 0 Å². The number of allylic oxidation sites excluding steroid dienone is 2. The van der Waals surface area contributed by atoms with Crippen LogP contribution in [-0.4, -0.2) is 44.4 Å². The van der Waals surface area contributed by atoms with Crippen molar-refractivity contribution in [3.8, 4) is 0 Å². The molecule has 3 atom stereocenters. The third-order valence-corrected chi connectivity index (χ3v) is 13.2. The number of carbonyl (C=O) groups is 3. The lowest BCUT2D eigenvalue weighted by atomic mass is 9.92. The predicted molar refractivity (Wildman–Crippen MR) is 183 cm³/mol. The van der Waals surface area contributed by atoms with E-state index < -0.39 is 38.6 Å². The van der Waals surface area contributed by atoms with E-state index in [0.29, 0.717) is 6.42 Å². The fraction of sp³-hybridized carbons (Fsp3) is 0.447. The Morgan fingerprint density at radius 1 is 0.933 bits per heavy atom. The molecule has 0 saturated heterocycles. The van der Waals surface area contributed by atoms with Crippen LogP contribution in [0.1, 0.15) is 81.6 Å². The first-order valence-electron chi connectivity index (χ1n) is 15.8. The smallest absolute Gasteiger partial charge is 0.331 e. The zero-order chi connectivity index (χ0) is 33.4. The first-order chi connectivity index (χ1) is 21.1. The number of hydrogen-bond donors (Lipinski definition) is 0. The molecule has 0 radical (unpaired) electrons. The molecule has 1 aliphatic rings. The van der Waals surface area contributed by atoms with Crippen molar-refractivity contribution in [3.63, 3.8) is 0 Å². The van der Waals surface area contributed by atoms with Gasteiger partial charge in [-0.3, -0.25) is 9.59 Å². The van der Waals surface area contributed by atoms with E-state index in [1.165, 1.54) is 12.2 Å². The normalized spacial score (nSPS) is 20.9. The van der Waals surface area contributed by atoms with Crippen LogP contribution in [0, 0.1) is 5.41 Å². The van der Waals surface area contributed by atoms with Gasteiger partial charge < -0.3 is 13.9 Å². The van der Waals surface area contributed by atoms with Crippen molar-refractivity contribution < 1.29 is 28.3 Å². The Hall–Kier alpha value is -3.55. The number of hydrogen-bond acceptors (Lipinski definition) is 6. The second-order valence-electron chi connectivity index (χ2n) is 14.1. The van der Waals surface area contributed by atoms with Crippen molar-refractivity contribution >= 4 is 36.4 Å². The van der Waals surface area contributed by atoms with Crippen LogP contribution in [-0.2, 0) is 28.3 Å². The lowest BCUT2D eigenvalue weighted by molar-refractivity contribution is -0.161. The van der Waals surface area contributed by atoms with Crippen LogP contribution >= 0.6 is 0 Å². The van der Waals surface area contributed by atoms with Crippen molar-refractivity contribution in [1.82, 2.24) is 0 Å². The van der Waals surface area contributed by atoms with Gasteiger partial charge in [-0.2, -0.15) is 0 Å². The molecule has 3 rings (SSSR count). The maximum atomic E-state index is 14.0. The summed E-state index contributed by atoms with van der Waals surface area (Å²) in [7, 11) is -3.19. The first-order valence-corrected chi connectivity index (χ1v) is 17.7. The van der Waals surface area contributed by atoms with Crippen molar-refractivity contribution in [3.05, 3.63) is 96.1 Å². The highest BCUT2D eigenvalue weighted by Gasteiger charge is 2.53. The van der Waals surface area contributed by atoms with Crippen LogP contribution in [0.4, 0.5) is 0 Å². The summed E-state index contributed by atoms with van der Waals surface area (Å²) < 4.78 is 19.4. The largest absolute Gasteiger partial charge is 0.454 e. The molecule has 0 aromatic heterocycles. The molecule has 45 heavy (non-hydrogen) atoms. The molecule has 1 aliphatic heterocycles. The van der Waals surface area contributed by atoms with Gasteiger partial charge in [0.15, 0.2) is 11.9 Å². The second kappa shape index (κ2) is 15.2. The van der Waals surface area contributed by atoms with Crippen molar-refractivity contribution in [1.29, 1.82) is 0 Å². The van der Waals surface area contributed by atoms with Gasteiger partial charge in [0.1, 0.15) is 12.2 Å². The topological polar surface area (TPSA) is 78.9 Å². The van der Waals surface area contributed by atoms with Gasteiger partial charge in [-0.1, -0.05) is 120 Å². The standard InChI is InChI=1S/C38H50O6Si/c1-10-27(2)32-25-24-28(3)35(36(43-34(41)26-37(4,5)6)31(39)22-17-23-33(40)42-32)44-45(38(7,8)9,29-18-13-11-14-19-29)30-20-15-12-16-21-30/h10-21,23-24,32,35-36H,22,25-26H2,1-9H3/t32-,35-,36-/m1/s1. The van der Waals surface area contributed by atoms with Gasteiger partial charge >= 0.3 is 11.9 Å². The number of carbonyl (C=O) groups excluding carboxylic acids is 3. The monoisotopic (exact) mass is 630 g/mol. The van der Waals surface area contributed by atoms with Gasteiger partial charge in [0.25, 0.3) is 8.32 Å². The van der Waals surface area contributed by atoms with E-state index in [1.807, 2.05) is 90.1 Å². The summed E-state index contributed by atoms with van der Waals surface area (Å²) >= 11 is 0. The average molecular weight is 631 g/mol. The van der Waals surface area contributed by atoms with E-state index in [1.54, 1.807) is 0 Å². The highest BCUT2D eigenvalue weighted by atomic mass is 28.4. The van der Waals surface area contributed by atoms with Crippen LogP contribution in [0.3, 0.4) is 0 Å². The summed E-state index contributed by atoms with van der Waals surface area (Å²) in [5.74, 6) is -1.34. The Morgan fingerprint density at radius 3 is 1.98 bits per heavy atom. The fourth-order valence-corrected chi connectivity index (χ4v) is 10.4. The molecule has 242 valence electrons. The zero-order valence-electron chi connectivity index (χ0n) is 28.4. The number of Topliss-reactive ketones (excluding diaryl/α,β-unsaturated/α-hetero) is 1. The number of ether oxygens (including phenoxy) is 2. The molecule has 2 aromatic rings. The fourth-order valence-electron chi connectivity index (χ4n) is 5.68. The molecule has 0 N–H and O–H groups in total. The molecule has 2 aromatic carbocycles. The Kier molecular flexibility index (Phi) is 12.1. The lowest BCUT2D eigenvalue weighted by Crippen LogP contribution is -2.69. The lowest BCUT2D eigenvalue weighted by Gasteiger charge is -2.46. The minimum absolute atomic E-state index is 0.121. The number of esters is 2. The average Bonchev–Trinajstić information content (AvgIpc) is 2.97. The molecule has 0 bridgehead atoms. The van der Waals surface area contributed by atoms with Gasteiger partial charge in [0, 0.05) is 18.9 Å². The Morgan fingerprint density at radius 2 is 1.49 bits per heavy atom. The number of rotatable bonds is 7. The Bertz CT molecular complexity index is 1370. The third-order valence-electron chi connectivity index (χ3n) is 8.14. The highest BCUT2D eigenvalue weighted by Crippen LogP contribution is 2.39. The Labute approximate surface area is 270 Å². The molecule has 7 heteroatoms. The molecule has 6 nitrogen and oxygen atoms in total. The maximum Gasteiger partial charge on any atom is 0.331 e. The van der Waals surface area contributed by atoms with Gasteiger partial charge in [0.05, 0.1) is 6.42 Å². The third kappa shape index (κ3) is 9.24. The molecular formula is C38H50O6Si. The summed E-state index contributed by atoms with van der Waals surface area (Å²) in [5.41, 5.74) is 1.30. The zero-order valence-corrected chi connectivity index (χ0v) is 29.4. The Balaban J connectivity index is 2.31. The van der Waals surface area contributed by atoms with E-state index in [4.69, 9.17) is 13.9 Å². The number of cyclic esters (lactones) is 1. The van der Waals surface area contributed by atoms with E-state index in [-0.39, 0.29) is 29.1 Å². The maximum absolute atomic E-state index is 14.0. The predicted octanol–water partition coefficient (Wildman–Crippen LogP) is 7.02. The van der Waals surface area contributed by atoms with E-state index in [0.717, 1.165) is 21.5 Å². The number of ketones is 1. The minimum atomic E-state index is -3.19. The molecule has 0 amide bonds. The van der Waals surface area contributed by atoms with Crippen LogP contribution in [0.2, 0.25) is 5.04 Å². The van der Waals surface area contributed by atoms with Gasteiger partial charge in [-0.05, 0) is 52.7 Å². The molecule has 0 unspecified atom stereocenters. The molecular weight excluding hydrogens is 580 g/mol. The van der Waals surface area contributed by atoms with Crippen molar-refractivity contribution in [2.45, 2.75) is 105 Å². The summed E-state index contributed by atoms with van der Waals surface area (Å²) in [5, 5.41) is 1.71. The van der Waals surface area contributed by atoms with Gasteiger partial charge in [-0.15, -0.1) is 0 Å².